The topological polar surface area (TPSA) is 30.8 Å². The molecule has 0 spiro atoms. The van der Waals surface area contributed by atoms with Crippen LogP contribution in [0.25, 0.3) is 0 Å². The van der Waals surface area contributed by atoms with Crippen LogP contribution in [0.5, 0.6) is 5.75 Å². The van der Waals surface area contributed by atoms with Crippen LogP contribution in [0.15, 0.2) is 71.9 Å². The lowest BCUT2D eigenvalue weighted by Crippen LogP contribution is -2.07. The first-order valence-corrected chi connectivity index (χ1v) is 10.7. The molecule has 6 heteroatoms. The van der Waals surface area contributed by atoms with Crippen LogP contribution in [0.4, 0.5) is 0 Å². The number of hydrogen-bond donors (Lipinski definition) is 0. The van der Waals surface area contributed by atoms with Gasteiger partial charge in [-0.25, -0.2) is 0 Å². The summed E-state index contributed by atoms with van der Waals surface area (Å²) in [5, 5.41) is 6.42. The molecule has 4 rings (SSSR count). The van der Waals surface area contributed by atoms with Gasteiger partial charge in [0.2, 0.25) is 0 Å². The fraction of sp³-hybridized carbons (Fsp3) is 0.208. The van der Waals surface area contributed by atoms with E-state index in [0.29, 0.717) is 16.0 Å². The summed E-state index contributed by atoms with van der Waals surface area (Å²) < 4.78 is 5.28. The van der Waals surface area contributed by atoms with E-state index in [9.17, 15) is 0 Å². The Hall–Kier alpha value is -2.20. The highest BCUT2D eigenvalue weighted by Gasteiger charge is 2.43. The summed E-state index contributed by atoms with van der Waals surface area (Å²) in [4.78, 5) is 5.73. The van der Waals surface area contributed by atoms with Crippen LogP contribution in [0.3, 0.4) is 0 Å². The lowest BCUT2D eigenvalue weighted by Gasteiger charge is -2.09. The number of rotatable bonds is 7. The number of benzene rings is 3. The first-order valence-electron chi connectivity index (χ1n) is 9.59. The summed E-state index contributed by atoms with van der Waals surface area (Å²) in [6.45, 7) is 0.272. The summed E-state index contributed by atoms with van der Waals surface area (Å²) in [5.41, 5.74) is 4.03. The van der Waals surface area contributed by atoms with Crippen molar-refractivity contribution in [2.24, 2.45) is 11.1 Å². The molecule has 0 aliphatic heterocycles. The predicted molar refractivity (Wildman–Crippen MR) is 123 cm³/mol. The number of hydrogen-bond acceptors (Lipinski definition) is 3. The Bertz CT molecular complexity index is 1050. The van der Waals surface area contributed by atoms with E-state index in [0.717, 1.165) is 34.0 Å². The molecule has 30 heavy (non-hydrogen) atoms. The summed E-state index contributed by atoms with van der Waals surface area (Å²) in [7, 11) is 1.65. The van der Waals surface area contributed by atoms with Gasteiger partial charge in [0.15, 0.2) is 0 Å². The fourth-order valence-corrected chi connectivity index (χ4v) is 4.07. The van der Waals surface area contributed by atoms with Gasteiger partial charge < -0.3 is 9.57 Å². The van der Waals surface area contributed by atoms with Gasteiger partial charge in [0.05, 0.1) is 12.8 Å². The van der Waals surface area contributed by atoms with Crippen molar-refractivity contribution in [3.63, 3.8) is 0 Å². The molecule has 2 atom stereocenters. The van der Waals surface area contributed by atoms with Gasteiger partial charge >= 0.3 is 0 Å². The molecule has 1 aliphatic carbocycles. The number of ether oxygens (including phenoxy) is 1. The van der Waals surface area contributed by atoms with Crippen LogP contribution in [-0.4, -0.2) is 12.8 Å². The van der Waals surface area contributed by atoms with Gasteiger partial charge in [0.1, 0.15) is 12.4 Å². The molecule has 0 saturated heterocycles. The Morgan fingerprint density at radius 3 is 2.30 bits per heavy atom. The number of oxime groups is 1. The molecule has 0 aromatic heterocycles. The van der Waals surface area contributed by atoms with E-state index in [1.54, 1.807) is 19.2 Å². The third-order valence-electron chi connectivity index (χ3n) is 5.22. The Kier molecular flexibility index (Phi) is 6.52. The summed E-state index contributed by atoms with van der Waals surface area (Å²) in [6, 6.07) is 21.2. The third-order valence-corrected chi connectivity index (χ3v) is 6.06. The highest BCUT2D eigenvalue weighted by Crippen LogP contribution is 2.49. The third kappa shape index (κ3) is 4.92. The molecule has 0 bridgehead atoms. The van der Waals surface area contributed by atoms with Crippen LogP contribution in [0.2, 0.25) is 15.1 Å². The summed E-state index contributed by atoms with van der Waals surface area (Å²) in [6.07, 6.45) is 1.01. The van der Waals surface area contributed by atoms with E-state index in [2.05, 4.69) is 17.3 Å². The first kappa shape index (κ1) is 21.0. The molecule has 0 N–H and O–H groups in total. The van der Waals surface area contributed by atoms with Gasteiger partial charge in [-0.3, -0.25) is 0 Å². The molecule has 3 aromatic rings. The highest BCUT2D eigenvalue weighted by atomic mass is 35.5. The fourth-order valence-electron chi connectivity index (χ4n) is 3.48. The minimum atomic E-state index is 0.272. The van der Waals surface area contributed by atoms with E-state index >= 15 is 0 Å². The number of nitrogens with zero attached hydrogens (tertiary/aromatic N) is 1. The van der Waals surface area contributed by atoms with Crippen molar-refractivity contribution in [1.29, 1.82) is 0 Å². The minimum Gasteiger partial charge on any atom is -0.497 e. The monoisotopic (exact) mass is 459 g/mol. The standard InChI is InChI=1S/C24H20Cl3NO2/c1-29-20-10-5-16(6-11-20)24(22-13-21(22)15-2-7-18(25)8-3-15)28-30-14-17-4-9-19(26)12-23(17)27/h2-12,21-22H,13-14H2,1H3/b28-24-/t21-,22+/m1/s1. The van der Waals surface area contributed by atoms with Crippen molar-refractivity contribution in [3.8, 4) is 5.75 Å². The van der Waals surface area contributed by atoms with E-state index in [-0.39, 0.29) is 12.5 Å². The molecule has 0 unspecified atom stereocenters. The molecule has 3 nitrogen and oxygen atoms in total. The molecule has 0 heterocycles. The van der Waals surface area contributed by atoms with Crippen molar-refractivity contribution in [1.82, 2.24) is 0 Å². The maximum atomic E-state index is 6.25. The lowest BCUT2D eigenvalue weighted by molar-refractivity contribution is 0.130. The highest BCUT2D eigenvalue weighted by molar-refractivity contribution is 6.35. The van der Waals surface area contributed by atoms with Crippen LogP contribution in [0, 0.1) is 5.92 Å². The Labute approximate surface area is 191 Å². The maximum Gasteiger partial charge on any atom is 0.143 e. The van der Waals surface area contributed by atoms with E-state index < -0.39 is 0 Å². The van der Waals surface area contributed by atoms with E-state index in [1.807, 2.05) is 42.5 Å². The molecular weight excluding hydrogens is 441 g/mol. The molecule has 0 amide bonds. The van der Waals surface area contributed by atoms with Crippen molar-refractivity contribution in [3.05, 3.63) is 98.5 Å². The smallest absolute Gasteiger partial charge is 0.143 e. The van der Waals surface area contributed by atoms with Crippen LogP contribution in [0.1, 0.15) is 29.0 Å². The zero-order chi connectivity index (χ0) is 21.1. The average Bonchev–Trinajstić information content (AvgIpc) is 3.54. The average molecular weight is 461 g/mol. The second-order valence-corrected chi connectivity index (χ2v) is 8.49. The van der Waals surface area contributed by atoms with Gasteiger partial charge in [-0.1, -0.05) is 58.2 Å². The molecular formula is C24H20Cl3NO2. The molecule has 154 valence electrons. The Balaban J connectivity index is 1.55. The van der Waals surface area contributed by atoms with Crippen molar-refractivity contribution in [2.75, 3.05) is 7.11 Å². The van der Waals surface area contributed by atoms with Gasteiger partial charge in [-0.15, -0.1) is 0 Å². The predicted octanol–water partition coefficient (Wildman–Crippen LogP) is 7.38. The molecule has 1 fully saturated rings. The quantitative estimate of drug-likeness (QED) is 0.272. The van der Waals surface area contributed by atoms with Crippen LogP contribution >= 0.6 is 34.8 Å². The number of halogens is 3. The Morgan fingerprint density at radius 2 is 1.63 bits per heavy atom. The molecule has 1 saturated carbocycles. The number of methoxy groups -OCH3 is 1. The summed E-state index contributed by atoms with van der Waals surface area (Å²) >= 11 is 18.3. The van der Waals surface area contributed by atoms with Crippen molar-refractivity contribution >= 4 is 40.5 Å². The van der Waals surface area contributed by atoms with Gasteiger partial charge in [0, 0.05) is 26.5 Å². The summed E-state index contributed by atoms with van der Waals surface area (Å²) in [5.74, 6) is 1.48. The van der Waals surface area contributed by atoms with Crippen molar-refractivity contribution in [2.45, 2.75) is 18.9 Å². The first-order chi connectivity index (χ1) is 14.5. The molecule has 0 radical (unpaired) electrons. The van der Waals surface area contributed by atoms with Crippen molar-refractivity contribution < 1.29 is 9.57 Å². The normalized spacial score (nSPS) is 18.2. The molecule has 1 aliphatic rings. The minimum absolute atomic E-state index is 0.272. The maximum absolute atomic E-state index is 6.25. The lowest BCUT2D eigenvalue weighted by atomic mass is 10.0. The Morgan fingerprint density at radius 1 is 0.933 bits per heavy atom. The van der Waals surface area contributed by atoms with Gasteiger partial charge in [-0.05, 0) is 72.0 Å². The zero-order valence-electron chi connectivity index (χ0n) is 16.3. The second kappa shape index (κ2) is 9.30. The molecule has 3 aromatic carbocycles. The van der Waals surface area contributed by atoms with Gasteiger partial charge in [-0.2, -0.15) is 0 Å². The van der Waals surface area contributed by atoms with Crippen LogP contribution in [-0.2, 0) is 11.4 Å². The zero-order valence-corrected chi connectivity index (χ0v) is 18.6. The SMILES string of the molecule is COc1ccc(/C(=N/OCc2ccc(Cl)cc2Cl)[C@H]2C[C@@H]2c2ccc(Cl)cc2)cc1. The second-order valence-electron chi connectivity index (χ2n) is 7.21. The largest absolute Gasteiger partial charge is 0.497 e. The van der Waals surface area contributed by atoms with Gasteiger partial charge in [0.25, 0.3) is 0 Å². The van der Waals surface area contributed by atoms with Crippen LogP contribution < -0.4 is 4.74 Å². The van der Waals surface area contributed by atoms with E-state index in [4.69, 9.17) is 44.4 Å². The van der Waals surface area contributed by atoms with E-state index in [1.165, 1.54) is 5.56 Å².